The Hall–Kier alpha value is -0.570. The van der Waals surface area contributed by atoms with E-state index in [1.54, 1.807) is 0 Å². The third kappa shape index (κ3) is 3.71. The van der Waals surface area contributed by atoms with Crippen molar-refractivity contribution in [3.05, 3.63) is 34.9 Å². The van der Waals surface area contributed by atoms with Crippen LogP contribution < -0.4 is 5.73 Å². The Morgan fingerprint density at radius 3 is 2.63 bits per heavy atom. The van der Waals surface area contributed by atoms with Crippen LogP contribution >= 0.6 is 11.6 Å². The Morgan fingerprint density at radius 1 is 1.37 bits per heavy atom. The lowest BCUT2D eigenvalue weighted by atomic mass is 9.91. The lowest BCUT2D eigenvalue weighted by molar-refractivity contribution is 0.119. The van der Waals surface area contributed by atoms with Crippen molar-refractivity contribution in [3.63, 3.8) is 0 Å². The summed E-state index contributed by atoms with van der Waals surface area (Å²) in [5, 5.41) is 0.802. The van der Waals surface area contributed by atoms with Gasteiger partial charge in [0.25, 0.3) is 0 Å². The zero-order valence-corrected chi connectivity index (χ0v) is 12.7. The number of benzene rings is 1. The van der Waals surface area contributed by atoms with Crippen molar-refractivity contribution in [3.8, 4) is 0 Å². The van der Waals surface area contributed by atoms with Gasteiger partial charge in [0.1, 0.15) is 0 Å². The summed E-state index contributed by atoms with van der Waals surface area (Å²) in [4.78, 5) is 2.54. The number of nitrogens with zero attached hydrogens (tertiary/aromatic N) is 1. The van der Waals surface area contributed by atoms with Gasteiger partial charge in [-0.2, -0.15) is 0 Å². The molecule has 0 saturated carbocycles. The summed E-state index contributed by atoms with van der Waals surface area (Å²) >= 11 is 6.14. The van der Waals surface area contributed by atoms with Gasteiger partial charge >= 0.3 is 0 Å². The van der Waals surface area contributed by atoms with E-state index in [9.17, 15) is 0 Å². The molecule has 0 spiro atoms. The molecule has 1 heterocycles. The van der Waals surface area contributed by atoms with Crippen molar-refractivity contribution in [1.82, 2.24) is 4.90 Å². The maximum atomic E-state index is 6.38. The number of hydrogen-bond donors (Lipinski definition) is 1. The second-order valence-corrected chi connectivity index (χ2v) is 6.23. The Balaban J connectivity index is 2.21. The van der Waals surface area contributed by atoms with Crippen molar-refractivity contribution >= 4 is 11.6 Å². The normalized spacial score (nSPS) is 21.3. The molecule has 2 rings (SSSR count). The fourth-order valence-electron chi connectivity index (χ4n) is 2.95. The highest BCUT2D eigenvalue weighted by atomic mass is 35.5. The highest BCUT2D eigenvalue weighted by molar-refractivity contribution is 6.30. The monoisotopic (exact) mass is 280 g/mol. The van der Waals surface area contributed by atoms with Gasteiger partial charge in [-0.1, -0.05) is 37.6 Å². The van der Waals surface area contributed by atoms with Crippen LogP contribution in [0.5, 0.6) is 0 Å². The first kappa shape index (κ1) is 14.8. The summed E-state index contributed by atoms with van der Waals surface area (Å²) in [6.45, 7) is 6.79. The van der Waals surface area contributed by atoms with Gasteiger partial charge in [0.2, 0.25) is 0 Å². The van der Waals surface area contributed by atoms with Crippen molar-refractivity contribution in [1.29, 1.82) is 0 Å². The van der Waals surface area contributed by atoms with Crippen LogP contribution in [0.25, 0.3) is 0 Å². The Kier molecular flexibility index (Phi) is 5.26. The summed E-state index contributed by atoms with van der Waals surface area (Å²) in [7, 11) is 0. The molecule has 2 N–H and O–H groups in total. The summed E-state index contributed by atoms with van der Waals surface area (Å²) in [6.07, 6.45) is 3.53. The standard InChI is InChI=1S/C16H25ClN2/c1-3-15(18)16(13-5-4-6-14(17)11-13)19-9-7-12(2)8-10-19/h4-6,11-12,15-16H,3,7-10,18H2,1-2H3. The van der Waals surface area contributed by atoms with E-state index in [1.165, 1.54) is 18.4 Å². The van der Waals surface area contributed by atoms with E-state index >= 15 is 0 Å². The summed E-state index contributed by atoms with van der Waals surface area (Å²) in [6, 6.07) is 8.66. The van der Waals surface area contributed by atoms with Gasteiger partial charge in [-0.15, -0.1) is 0 Å². The van der Waals surface area contributed by atoms with E-state index < -0.39 is 0 Å². The van der Waals surface area contributed by atoms with Crippen LogP contribution in [0.15, 0.2) is 24.3 Å². The van der Waals surface area contributed by atoms with Gasteiger partial charge in [0.15, 0.2) is 0 Å². The summed E-state index contributed by atoms with van der Waals surface area (Å²) in [5.41, 5.74) is 7.64. The first-order chi connectivity index (χ1) is 9.11. The zero-order chi connectivity index (χ0) is 13.8. The third-order valence-electron chi connectivity index (χ3n) is 4.28. The molecule has 106 valence electrons. The van der Waals surface area contributed by atoms with Crippen LogP contribution in [0.4, 0.5) is 0 Å². The number of nitrogens with two attached hydrogens (primary N) is 1. The molecule has 0 aromatic heterocycles. The molecule has 0 radical (unpaired) electrons. The predicted molar refractivity (Wildman–Crippen MR) is 82.4 cm³/mol. The van der Waals surface area contributed by atoms with Gasteiger partial charge in [0.05, 0.1) is 0 Å². The molecule has 0 amide bonds. The first-order valence-electron chi connectivity index (χ1n) is 7.37. The van der Waals surface area contributed by atoms with Gasteiger partial charge in [-0.05, 0) is 56.0 Å². The van der Waals surface area contributed by atoms with Gasteiger partial charge in [0, 0.05) is 17.1 Å². The fraction of sp³-hybridized carbons (Fsp3) is 0.625. The number of hydrogen-bond acceptors (Lipinski definition) is 2. The average Bonchev–Trinajstić information content (AvgIpc) is 2.41. The molecule has 19 heavy (non-hydrogen) atoms. The molecule has 1 aromatic carbocycles. The smallest absolute Gasteiger partial charge is 0.0499 e. The summed E-state index contributed by atoms with van der Waals surface area (Å²) in [5.74, 6) is 0.842. The SMILES string of the molecule is CCC(N)C(c1cccc(Cl)c1)N1CCC(C)CC1. The molecule has 2 atom stereocenters. The minimum Gasteiger partial charge on any atom is -0.326 e. The van der Waals surface area contributed by atoms with Crippen molar-refractivity contribution in [2.75, 3.05) is 13.1 Å². The second-order valence-electron chi connectivity index (χ2n) is 5.79. The predicted octanol–water partition coefficient (Wildman–Crippen LogP) is 3.85. The maximum Gasteiger partial charge on any atom is 0.0499 e. The highest BCUT2D eigenvalue weighted by Gasteiger charge is 2.28. The lowest BCUT2D eigenvalue weighted by Crippen LogP contribution is -2.44. The van der Waals surface area contributed by atoms with E-state index in [-0.39, 0.29) is 6.04 Å². The minimum atomic E-state index is 0.173. The van der Waals surface area contributed by atoms with E-state index in [4.69, 9.17) is 17.3 Å². The number of likely N-dealkylation sites (tertiary alicyclic amines) is 1. The molecule has 1 fully saturated rings. The van der Waals surface area contributed by atoms with Gasteiger partial charge in [-0.3, -0.25) is 4.90 Å². The molecule has 1 aliphatic heterocycles. The molecule has 0 bridgehead atoms. The first-order valence-corrected chi connectivity index (χ1v) is 7.74. The number of piperidine rings is 1. The number of rotatable bonds is 4. The molecule has 3 heteroatoms. The Labute approximate surface area is 121 Å². The minimum absolute atomic E-state index is 0.173. The van der Waals surface area contributed by atoms with Gasteiger partial charge in [-0.25, -0.2) is 0 Å². The van der Waals surface area contributed by atoms with Crippen LogP contribution in [0, 0.1) is 5.92 Å². The molecule has 2 nitrogen and oxygen atoms in total. The molecular formula is C16H25ClN2. The Bertz CT molecular complexity index is 399. The zero-order valence-electron chi connectivity index (χ0n) is 12.0. The quantitative estimate of drug-likeness (QED) is 0.908. The third-order valence-corrected chi connectivity index (χ3v) is 4.51. The van der Waals surface area contributed by atoms with Crippen LogP contribution in [0.1, 0.15) is 44.7 Å². The molecule has 0 aliphatic carbocycles. The van der Waals surface area contributed by atoms with Gasteiger partial charge < -0.3 is 5.73 Å². The lowest BCUT2D eigenvalue weighted by Gasteiger charge is -2.39. The maximum absolute atomic E-state index is 6.38. The summed E-state index contributed by atoms with van der Waals surface area (Å²) < 4.78 is 0. The van der Waals surface area contributed by atoms with Crippen molar-refractivity contribution < 1.29 is 0 Å². The molecule has 1 aromatic rings. The van der Waals surface area contributed by atoms with E-state index in [2.05, 4.69) is 30.9 Å². The van der Waals surface area contributed by atoms with E-state index in [0.29, 0.717) is 6.04 Å². The Morgan fingerprint density at radius 2 is 2.05 bits per heavy atom. The number of halogens is 1. The van der Waals surface area contributed by atoms with Crippen molar-refractivity contribution in [2.24, 2.45) is 11.7 Å². The fourth-order valence-corrected chi connectivity index (χ4v) is 3.15. The topological polar surface area (TPSA) is 29.3 Å². The highest BCUT2D eigenvalue weighted by Crippen LogP contribution is 2.30. The largest absolute Gasteiger partial charge is 0.326 e. The molecule has 2 unspecified atom stereocenters. The average molecular weight is 281 g/mol. The second kappa shape index (κ2) is 6.74. The van der Waals surface area contributed by atoms with Crippen LogP contribution in [-0.4, -0.2) is 24.0 Å². The molecule has 1 saturated heterocycles. The van der Waals surface area contributed by atoms with E-state index in [1.807, 2.05) is 12.1 Å². The van der Waals surface area contributed by atoms with E-state index in [0.717, 1.165) is 30.5 Å². The van der Waals surface area contributed by atoms with Crippen LogP contribution in [0.3, 0.4) is 0 Å². The van der Waals surface area contributed by atoms with Crippen LogP contribution in [-0.2, 0) is 0 Å². The van der Waals surface area contributed by atoms with Crippen LogP contribution in [0.2, 0.25) is 5.02 Å². The van der Waals surface area contributed by atoms with Crippen molar-refractivity contribution in [2.45, 2.75) is 45.2 Å². The molecular weight excluding hydrogens is 256 g/mol. The molecule has 1 aliphatic rings.